The lowest BCUT2D eigenvalue weighted by atomic mass is 10.1. The van der Waals surface area contributed by atoms with Crippen LogP contribution >= 0.6 is 12.2 Å². The molecular weight excluding hydrogens is 386 g/mol. The number of ether oxygens (including phenoxy) is 1. The van der Waals surface area contributed by atoms with Gasteiger partial charge in [0.2, 0.25) is 5.91 Å². The van der Waals surface area contributed by atoms with Crippen LogP contribution in [-0.2, 0) is 9.59 Å². The monoisotopic (exact) mass is 413 g/mol. The number of unbranched alkanes of at least 4 members (excludes halogenated alkanes) is 1. The summed E-state index contributed by atoms with van der Waals surface area (Å²) < 4.78 is 5.50. The minimum atomic E-state index is -0.357. The molecule has 0 spiro atoms. The topological polar surface area (TPSA) is 79.5 Å². The van der Waals surface area contributed by atoms with Crippen LogP contribution in [0.15, 0.2) is 42.5 Å². The smallest absolute Gasteiger partial charge is 0.264 e. The molecule has 0 unspecified atom stereocenters. The summed E-state index contributed by atoms with van der Waals surface area (Å²) in [4.78, 5) is 23.9. The van der Waals surface area contributed by atoms with Crippen molar-refractivity contribution >= 4 is 40.5 Å². The summed E-state index contributed by atoms with van der Waals surface area (Å²) in [5, 5.41) is 8.53. The van der Waals surface area contributed by atoms with Gasteiger partial charge in [-0.25, -0.2) is 0 Å². The van der Waals surface area contributed by atoms with Gasteiger partial charge in [-0.2, -0.15) is 0 Å². The molecule has 0 saturated heterocycles. The van der Waals surface area contributed by atoms with E-state index in [9.17, 15) is 9.59 Å². The molecular formula is C22H27N3O3S. The highest BCUT2D eigenvalue weighted by Gasteiger charge is 2.08. The van der Waals surface area contributed by atoms with Crippen LogP contribution in [0.25, 0.3) is 0 Å². The van der Waals surface area contributed by atoms with Gasteiger partial charge in [0.1, 0.15) is 5.75 Å². The predicted molar refractivity (Wildman–Crippen MR) is 120 cm³/mol. The zero-order valence-electron chi connectivity index (χ0n) is 17.0. The lowest BCUT2D eigenvalue weighted by molar-refractivity contribution is -0.121. The molecule has 2 aromatic rings. The predicted octanol–water partition coefficient (Wildman–Crippen LogP) is 4.32. The fourth-order valence-corrected chi connectivity index (χ4v) is 2.74. The SMILES string of the molecule is CCCCC(=O)Nc1cccc(NC(=S)NC(=O)COc2ccc(C)c(C)c2)c1. The third-order valence-electron chi connectivity index (χ3n) is 4.26. The van der Waals surface area contributed by atoms with Gasteiger partial charge < -0.3 is 15.4 Å². The number of rotatable bonds is 8. The molecule has 29 heavy (non-hydrogen) atoms. The summed E-state index contributed by atoms with van der Waals surface area (Å²) in [7, 11) is 0. The number of anilines is 2. The number of amides is 2. The van der Waals surface area contributed by atoms with Gasteiger partial charge >= 0.3 is 0 Å². The van der Waals surface area contributed by atoms with Crippen molar-refractivity contribution in [2.24, 2.45) is 0 Å². The van der Waals surface area contributed by atoms with Crippen LogP contribution in [-0.4, -0.2) is 23.5 Å². The Balaban J connectivity index is 1.82. The Morgan fingerprint density at radius 2 is 1.69 bits per heavy atom. The second-order valence-electron chi connectivity index (χ2n) is 6.77. The molecule has 0 aliphatic carbocycles. The van der Waals surface area contributed by atoms with Gasteiger partial charge in [-0.15, -0.1) is 0 Å². The van der Waals surface area contributed by atoms with Gasteiger partial charge in [0.25, 0.3) is 5.91 Å². The third kappa shape index (κ3) is 7.91. The molecule has 0 bridgehead atoms. The molecule has 6 nitrogen and oxygen atoms in total. The molecule has 3 N–H and O–H groups in total. The van der Waals surface area contributed by atoms with Gasteiger partial charge in [-0.05, 0) is 73.9 Å². The van der Waals surface area contributed by atoms with Crippen molar-refractivity contribution in [3.63, 3.8) is 0 Å². The molecule has 0 heterocycles. The van der Waals surface area contributed by atoms with E-state index in [0.29, 0.717) is 23.5 Å². The van der Waals surface area contributed by atoms with Crippen molar-refractivity contribution in [3.05, 3.63) is 53.6 Å². The van der Waals surface area contributed by atoms with Crippen molar-refractivity contribution in [1.29, 1.82) is 0 Å². The second kappa shape index (κ2) is 11.2. The van der Waals surface area contributed by atoms with Gasteiger partial charge in [0.05, 0.1) is 0 Å². The summed E-state index contributed by atoms with van der Waals surface area (Å²) in [5.74, 6) is 0.252. The van der Waals surface area contributed by atoms with Gasteiger partial charge in [-0.1, -0.05) is 25.5 Å². The van der Waals surface area contributed by atoms with E-state index in [1.807, 2.05) is 39.0 Å². The van der Waals surface area contributed by atoms with Crippen LogP contribution in [0.2, 0.25) is 0 Å². The average Bonchev–Trinajstić information content (AvgIpc) is 2.67. The molecule has 2 rings (SSSR count). The molecule has 154 valence electrons. The van der Waals surface area contributed by atoms with Crippen LogP contribution in [0.4, 0.5) is 11.4 Å². The molecule has 0 atom stereocenters. The van der Waals surface area contributed by atoms with Crippen LogP contribution in [0, 0.1) is 13.8 Å². The number of thiocarbonyl (C=S) groups is 1. The largest absolute Gasteiger partial charge is 0.484 e. The Morgan fingerprint density at radius 3 is 2.38 bits per heavy atom. The number of benzene rings is 2. The maximum absolute atomic E-state index is 12.1. The van der Waals surface area contributed by atoms with E-state index < -0.39 is 0 Å². The van der Waals surface area contributed by atoms with Crippen molar-refractivity contribution in [3.8, 4) is 5.75 Å². The number of hydrogen-bond donors (Lipinski definition) is 3. The molecule has 0 aromatic heterocycles. The average molecular weight is 414 g/mol. The van der Waals surface area contributed by atoms with Crippen molar-refractivity contribution in [2.75, 3.05) is 17.2 Å². The van der Waals surface area contributed by atoms with Crippen molar-refractivity contribution < 1.29 is 14.3 Å². The Bertz CT molecular complexity index is 883. The first-order chi connectivity index (χ1) is 13.9. The van der Waals surface area contributed by atoms with Gasteiger partial charge in [-0.3, -0.25) is 14.9 Å². The van der Waals surface area contributed by atoms with Gasteiger partial charge in [0, 0.05) is 17.8 Å². The highest BCUT2D eigenvalue weighted by molar-refractivity contribution is 7.80. The maximum Gasteiger partial charge on any atom is 0.264 e. The first-order valence-corrected chi connectivity index (χ1v) is 9.99. The maximum atomic E-state index is 12.1. The van der Waals surface area contributed by atoms with Gasteiger partial charge in [0.15, 0.2) is 11.7 Å². The Labute approximate surface area is 177 Å². The standard InChI is InChI=1S/C22H27N3O3S/c1-4-5-9-20(26)23-17-7-6-8-18(13-17)24-22(29)25-21(27)14-28-19-11-10-15(2)16(3)12-19/h6-8,10-13H,4-5,9,14H2,1-3H3,(H,23,26)(H2,24,25,27,29). The lowest BCUT2D eigenvalue weighted by Gasteiger charge is -2.12. The van der Waals surface area contributed by atoms with Crippen molar-refractivity contribution in [1.82, 2.24) is 5.32 Å². The van der Waals surface area contributed by atoms with Crippen LogP contribution in [0.1, 0.15) is 37.3 Å². The Kier molecular flexibility index (Phi) is 8.61. The minimum absolute atomic E-state index is 0.0247. The fraction of sp³-hybridized carbons (Fsp3) is 0.318. The van der Waals surface area contributed by atoms with E-state index in [1.165, 1.54) is 0 Å². The van der Waals surface area contributed by atoms with E-state index >= 15 is 0 Å². The molecule has 0 fully saturated rings. The van der Waals surface area contributed by atoms with Crippen LogP contribution in [0.3, 0.4) is 0 Å². The molecule has 0 radical (unpaired) electrons. The number of nitrogens with one attached hydrogen (secondary N) is 3. The number of carbonyl (C=O) groups excluding carboxylic acids is 2. The quantitative estimate of drug-likeness (QED) is 0.562. The zero-order valence-corrected chi connectivity index (χ0v) is 17.8. The number of carbonyl (C=O) groups is 2. The van der Waals surface area contributed by atoms with E-state index in [1.54, 1.807) is 24.3 Å². The first-order valence-electron chi connectivity index (χ1n) is 9.58. The molecule has 7 heteroatoms. The van der Waals surface area contributed by atoms with Crippen molar-refractivity contribution in [2.45, 2.75) is 40.0 Å². The van der Waals surface area contributed by atoms with E-state index in [2.05, 4.69) is 16.0 Å². The van der Waals surface area contributed by atoms with Crippen LogP contribution < -0.4 is 20.7 Å². The summed E-state index contributed by atoms with van der Waals surface area (Å²) >= 11 is 5.18. The summed E-state index contributed by atoms with van der Waals surface area (Å²) in [6.07, 6.45) is 2.31. The Morgan fingerprint density at radius 1 is 0.966 bits per heavy atom. The normalized spacial score (nSPS) is 10.2. The molecule has 0 aliphatic heterocycles. The molecule has 2 amide bonds. The third-order valence-corrected chi connectivity index (χ3v) is 4.47. The van der Waals surface area contributed by atoms with E-state index in [4.69, 9.17) is 17.0 Å². The summed E-state index contributed by atoms with van der Waals surface area (Å²) in [6.45, 7) is 5.90. The number of aryl methyl sites for hydroxylation is 2. The van der Waals surface area contributed by atoms with E-state index in [0.717, 1.165) is 24.0 Å². The summed E-state index contributed by atoms with van der Waals surface area (Å²) in [5.41, 5.74) is 3.60. The van der Waals surface area contributed by atoms with E-state index in [-0.39, 0.29) is 23.5 Å². The molecule has 2 aromatic carbocycles. The minimum Gasteiger partial charge on any atom is -0.484 e. The molecule has 0 aliphatic rings. The lowest BCUT2D eigenvalue weighted by Crippen LogP contribution is -2.37. The Hall–Kier alpha value is -2.93. The number of hydrogen-bond acceptors (Lipinski definition) is 4. The fourth-order valence-electron chi connectivity index (χ4n) is 2.51. The second-order valence-corrected chi connectivity index (χ2v) is 7.18. The van der Waals surface area contributed by atoms with Crippen LogP contribution in [0.5, 0.6) is 5.75 Å². The highest BCUT2D eigenvalue weighted by Crippen LogP contribution is 2.17. The molecule has 0 saturated carbocycles. The first kappa shape index (κ1) is 22.4. The summed E-state index contributed by atoms with van der Waals surface area (Å²) in [6, 6.07) is 12.8. The zero-order chi connectivity index (χ0) is 21.2. The highest BCUT2D eigenvalue weighted by atomic mass is 32.1.